The number of anilines is 1. The average molecular weight is 442 g/mol. The zero-order chi connectivity index (χ0) is 22.4. The van der Waals surface area contributed by atoms with E-state index in [1.165, 1.54) is 11.3 Å². The molecule has 0 aliphatic rings. The normalized spacial score (nSPS) is 10.9. The number of ether oxygens (including phenoxy) is 2. The Morgan fingerprint density at radius 3 is 2.61 bits per heavy atom. The van der Waals surface area contributed by atoms with Gasteiger partial charge < -0.3 is 20.1 Å². The first-order chi connectivity index (χ1) is 14.9. The average Bonchev–Trinajstić information content (AvgIpc) is 3.17. The first-order valence-electron chi connectivity index (χ1n) is 10.1. The van der Waals surface area contributed by atoms with Gasteiger partial charge in [0.2, 0.25) is 11.8 Å². The van der Waals surface area contributed by atoms with Crippen molar-refractivity contribution in [1.82, 2.24) is 10.3 Å². The van der Waals surface area contributed by atoms with Crippen molar-refractivity contribution in [2.45, 2.75) is 33.2 Å². The van der Waals surface area contributed by atoms with Gasteiger partial charge in [-0.25, -0.2) is 4.98 Å². The molecule has 0 saturated carbocycles. The molecule has 3 rings (SSSR count). The van der Waals surface area contributed by atoms with Crippen LogP contribution >= 0.6 is 11.3 Å². The van der Waals surface area contributed by atoms with Gasteiger partial charge in [-0.2, -0.15) is 0 Å². The Morgan fingerprint density at radius 1 is 1.10 bits per heavy atom. The Balaban J connectivity index is 1.57. The lowest BCUT2D eigenvalue weighted by Gasteiger charge is -2.11. The summed E-state index contributed by atoms with van der Waals surface area (Å²) in [7, 11) is 3.20. The number of nitrogens with one attached hydrogen (secondary N) is 2. The highest BCUT2D eigenvalue weighted by Crippen LogP contribution is 2.28. The molecule has 0 saturated heterocycles. The predicted molar refractivity (Wildman–Crippen MR) is 123 cm³/mol. The summed E-state index contributed by atoms with van der Waals surface area (Å²) in [6, 6.07) is 11.4. The van der Waals surface area contributed by atoms with Crippen LogP contribution in [0.3, 0.4) is 0 Å². The molecule has 0 spiro atoms. The minimum Gasteiger partial charge on any atom is -0.497 e. The summed E-state index contributed by atoms with van der Waals surface area (Å²) >= 11 is 1.44. The number of rotatable bonds is 9. The highest BCUT2D eigenvalue weighted by Gasteiger charge is 2.12. The van der Waals surface area contributed by atoms with E-state index in [1.54, 1.807) is 14.2 Å². The van der Waals surface area contributed by atoms with Crippen molar-refractivity contribution in [1.29, 1.82) is 0 Å². The van der Waals surface area contributed by atoms with Gasteiger partial charge in [0.1, 0.15) is 11.5 Å². The van der Waals surface area contributed by atoms with Gasteiger partial charge in [0.05, 0.1) is 24.4 Å². The molecule has 8 heteroatoms. The van der Waals surface area contributed by atoms with Gasteiger partial charge in [-0.15, -0.1) is 0 Å². The minimum absolute atomic E-state index is 0.0424. The van der Waals surface area contributed by atoms with Gasteiger partial charge in [0.15, 0.2) is 5.13 Å². The third-order valence-electron chi connectivity index (χ3n) is 4.81. The number of hydrogen-bond donors (Lipinski definition) is 2. The van der Waals surface area contributed by atoms with Crippen molar-refractivity contribution >= 4 is 38.5 Å². The van der Waals surface area contributed by atoms with Gasteiger partial charge in [-0.1, -0.05) is 31.3 Å². The van der Waals surface area contributed by atoms with Crippen molar-refractivity contribution in [3.63, 3.8) is 0 Å². The highest BCUT2D eigenvalue weighted by molar-refractivity contribution is 7.22. The van der Waals surface area contributed by atoms with Crippen molar-refractivity contribution < 1.29 is 19.1 Å². The fourth-order valence-electron chi connectivity index (χ4n) is 2.99. The molecule has 0 aliphatic carbocycles. The second kappa shape index (κ2) is 10.3. The molecule has 2 amide bonds. The number of nitrogens with zero attached hydrogens (tertiary/aromatic N) is 1. The van der Waals surface area contributed by atoms with Crippen molar-refractivity contribution in [3.05, 3.63) is 47.5 Å². The summed E-state index contributed by atoms with van der Waals surface area (Å²) in [5.74, 6) is 1.23. The number of carbonyl (C=O) groups excluding carboxylic acids is 2. The first kappa shape index (κ1) is 22.6. The van der Waals surface area contributed by atoms with E-state index < -0.39 is 0 Å². The van der Waals surface area contributed by atoms with Crippen LogP contribution in [0.5, 0.6) is 11.5 Å². The third-order valence-corrected chi connectivity index (χ3v) is 5.75. The molecule has 1 heterocycles. The molecule has 0 fully saturated rings. The fraction of sp³-hybridized carbons (Fsp3) is 0.348. The number of amides is 2. The number of benzene rings is 2. The molecule has 3 aromatic rings. The van der Waals surface area contributed by atoms with E-state index in [0.29, 0.717) is 36.0 Å². The maximum atomic E-state index is 12.4. The summed E-state index contributed by atoms with van der Waals surface area (Å²) in [6.07, 6.45) is 0.982. The number of aryl methyl sites for hydroxylation is 1. The molecule has 0 bridgehead atoms. The highest BCUT2D eigenvalue weighted by atomic mass is 32.1. The Morgan fingerprint density at radius 2 is 1.90 bits per heavy atom. The predicted octanol–water partition coefficient (Wildman–Crippen LogP) is 4.16. The maximum Gasteiger partial charge on any atom is 0.228 e. The molecule has 0 aliphatic heterocycles. The largest absolute Gasteiger partial charge is 0.497 e. The Labute approximate surface area is 185 Å². The number of aromatic nitrogens is 1. The summed E-state index contributed by atoms with van der Waals surface area (Å²) < 4.78 is 11.6. The van der Waals surface area contributed by atoms with Crippen LogP contribution in [0.25, 0.3) is 10.2 Å². The molecular formula is C23H27N3O4S. The van der Waals surface area contributed by atoms with Crippen molar-refractivity contribution in [2.75, 3.05) is 19.5 Å². The van der Waals surface area contributed by atoms with Crippen LogP contribution in [-0.2, 0) is 22.6 Å². The van der Waals surface area contributed by atoms with E-state index in [9.17, 15) is 9.59 Å². The van der Waals surface area contributed by atoms with Gasteiger partial charge in [0, 0.05) is 24.4 Å². The summed E-state index contributed by atoms with van der Waals surface area (Å²) in [6.45, 7) is 4.05. The van der Waals surface area contributed by atoms with Crippen molar-refractivity contribution in [2.24, 2.45) is 5.92 Å². The Kier molecular flexibility index (Phi) is 7.46. The van der Waals surface area contributed by atoms with Crippen LogP contribution in [0.2, 0.25) is 0 Å². The summed E-state index contributed by atoms with van der Waals surface area (Å²) in [5, 5.41) is 6.37. The number of fused-ring (bicyclic) bond motifs is 1. The van der Waals surface area contributed by atoms with E-state index in [4.69, 9.17) is 9.47 Å². The second-order valence-corrected chi connectivity index (χ2v) is 8.45. The lowest BCUT2D eigenvalue weighted by atomic mass is 10.1. The fourth-order valence-corrected chi connectivity index (χ4v) is 3.92. The number of thiazole rings is 1. The smallest absolute Gasteiger partial charge is 0.228 e. The lowest BCUT2D eigenvalue weighted by Crippen LogP contribution is -2.23. The van der Waals surface area contributed by atoms with Gasteiger partial charge in [0.25, 0.3) is 0 Å². The molecule has 0 atom stereocenters. The first-order valence-corrected chi connectivity index (χ1v) is 10.9. The van der Waals surface area contributed by atoms with Gasteiger partial charge in [-0.05, 0) is 42.3 Å². The molecule has 2 N–H and O–H groups in total. The SMILES string of the molecule is COc1ccc(OC)c(CNC(=O)CCc2ccc3nc(NC(=O)C(C)C)sc3c2)c1. The van der Waals surface area contributed by atoms with E-state index in [-0.39, 0.29) is 17.7 Å². The van der Waals surface area contributed by atoms with E-state index >= 15 is 0 Å². The zero-order valence-corrected chi connectivity index (χ0v) is 19.0. The monoisotopic (exact) mass is 441 g/mol. The van der Waals surface area contributed by atoms with Gasteiger partial charge in [-0.3, -0.25) is 9.59 Å². The number of hydrogen-bond acceptors (Lipinski definition) is 6. The molecule has 0 radical (unpaired) electrons. The van der Waals surface area contributed by atoms with Crippen LogP contribution in [0.15, 0.2) is 36.4 Å². The molecule has 164 valence electrons. The molecule has 7 nitrogen and oxygen atoms in total. The van der Waals surface area contributed by atoms with E-state index in [2.05, 4.69) is 15.6 Å². The molecular weight excluding hydrogens is 414 g/mol. The number of carbonyl (C=O) groups is 2. The Bertz CT molecular complexity index is 1080. The van der Waals surface area contributed by atoms with Crippen molar-refractivity contribution in [3.8, 4) is 11.5 Å². The van der Waals surface area contributed by atoms with Crippen LogP contribution in [0, 0.1) is 5.92 Å². The quantitative estimate of drug-likeness (QED) is 0.521. The summed E-state index contributed by atoms with van der Waals surface area (Å²) in [5.41, 5.74) is 2.74. The van der Waals surface area contributed by atoms with E-state index in [1.807, 2.05) is 50.2 Å². The zero-order valence-electron chi connectivity index (χ0n) is 18.2. The molecule has 2 aromatic carbocycles. The van der Waals surface area contributed by atoms with E-state index in [0.717, 1.165) is 21.3 Å². The maximum absolute atomic E-state index is 12.4. The topological polar surface area (TPSA) is 89.6 Å². The van der Waals surface area contributed by atoms with Crippen LogP contribution in [0.1, 0.15) is 31.4 Å². The molecule has 1 aromatic heterocycles. The van der Waals surface area contributed by atoms with Crippen LogP contribution in [-0.4, -0.2) is 31.0 Å². The number of methoxy groups -OCH3 is 2. The standard InChI is InChI=1S/C23H27N3O4S/c1-14(2)22(28)26-23-25-18-8-5-15(11-20(18)31-23)6-10-21(27)24-13-16-12-17(29-3)7-9-19(16)30-4/h5,7-9,11-12,14H,6,10,13H2,1-4H3,(H,24,27)(H,25,26,28). The molecule has 31 heavy (non-hydrogen) atoms. The second-order valence-electron chi connectivity index (χ2n) is 7.42. The summed E-state index contributed by atoms with van der Waals surface area (Å²) in [4.78, 5) is 28.7. The van der Waals surface area contributed by atoms with Crippen LogP contribution < -0.4 is 20.1 Å². The van der Waals surface area contributed by atoms with Gasteiger partial charge >= 0.3 is 0 Å². The van der Waals surface area contributed by atoms with Crippen LogP contribution in [0.4, 0.5) is 5.13 Å². The third kappa shape index (κ3) is 5.95. The lowest BCUT2D eigenvalue weighted by molar-refractivity contribution is -0.121. The minimum atomic E-state index is -0.0990. The Hall–Kier alpha value is -3.13. The molecule has 0 unspecified atom stereocenters.